The maximum Gasteiger partial charge on any atom is 0.282 e. The number of nitrogens with zero attached hydrogens (tertiary/aromatic N) is 2. The first-order chi connectivity index (χ1) is 9.54. The largest absolute Gasteiger partial charge is 0.378 e. The molecular formula is C13H29N3O3S. The van der Waals surface area contributed by atoms with Crippen molar-refractivity contribution >= 4 is 10.2 Å². The van der Waals surface area contributed by atoms with Gasteiger partial charge >= 0.3 is 0 Å². The number of morpholine rings is 1. The van der Waals surface area contributed by atoms with Crippen molar-refractivity contribution in [2.24, 2.45) is 0 Å². The Morgan fingerprint density at radius 1 is 1.35 bits per heavy atom. The van der Waals surface area contributed by atoms with E-state index in [2.05, 4.69) is 12.2 Å². The molecule has 0 aromatic carbocycles. The number of nitrogens with one attached hydrogen (secondary N) is 1. The van der Waals surface area contributed by atoms with Crippen molar-refractivity contribution < 1.29 is 13.2 Å². The molecule has 0 radical (unpaired) electrons. The summed E-state index contributed by atoms with van der Waals surface area (Å²) in [6.45, 7) is 7.95. The molecule has 0 amide bonds. The summed E-state index contributed by atoms with van der Waals surface area (Å²) in [7, 11) is -1.69. The van der Waals surface area contributed by atoms with Gasteiger partial charge in [-0.05, 0) is 32.4 Å². The molecule has 0 aliphatic carbocycles. The highest BCUT2D eigenvalue weighted by molar-refractivity contribution is 7.86. The van der Waals surface area contributed by atoms with Crippen LogP contribution in [-0.4, -0.2) is 69.5 Å². The van der Waals surface area contributed by atoms with Gasteiger partial charge in [0.1, 0.15) is 0 Å². The van der Waals surface area contributed by atoms with E-state index >= 15 is 0 Å². The zero-order valence-corrected chi connectivity index (χ0v) is 13.8. The highest BCUT2D eigenvalue weighted by atomic mass is 32.2. The standard InChI is InChI=1S/C13H29N3O3S/c1-4-7-14-8-6-9-15(3)20(17,18)16-10-11-19-12-13(16)5-2/h13-14H,4-12H2,1-3H3. The molecule has 20 heavy (non-hydrogen) atoms. The first-order valence-electron chi connectivity index (χ1n) is 7.55. The quantitative estimate of drug-likeness (QED) is 0.636. The first kappa shape index (κ1) is 17.8. The molecule has 1 heterocycles. The fourth-order valence-corrected chi connectivity index (χ4v) is 3.90. The van der Waals surface area contributed by atoms with E-state index in [1.54, 1.807) is 11.4 Å². The smallest absolute Gasteiger partial charge is 0.282 e. The van der Waals surface area contributed by atoms with E-state index in [1.165, 1.54) is 4.31 Å². The number of hydrogen-bond donors (Lipinski definition) is 1. The number of hydrogen-bond acceptors (Lipinski definition) is 4. The molecule has 1 aliphatic heterocycles. The molecule has 1 saturated heterocycles. The maximum absolute atomic E-state index is 12.6. The van der Waals surface area contributed by atoms with E-state index in [1.807, 2.05) is 6.92 Å². The van der Waals surface area contributed by atoms with E-state index in [0.717, 1.165) is 32.4 Å². The Balaban J connectivity index is 2.48. The monoisotopic (exact) mass is 307 g/mol. The second kappa shape index (κ2) is 8.94. The molecular weight excluding hydrogens is 278 g/mol. The molecule has 120 valence electrons. The van der Waals surface area contributed by atoms with Crippen LogP contribution in [0.25, 0.3) is 0 Å². The fourth-order valence-electron chi connectivity index (χ4n) is 2.29. The average molecular weight is 307 g/mol. The van der Waals surface area contributed by atoms with Crippen molar-refractivity contribution in [1.82, 2.24) is 13.9 Å². The van der Waals surface area contributed by atoms with Crippen LogP contribution in [0.1, 0.15) is 33.1 Å². The minimum atomic E-state index is -3.36. The molecule has 1 fully saturated rings. The van der Waals surface area contributed by atoms with Gasteiger partial charge in [-0.2, -0.15) is 17.0 Å². The van der Waals surface area contributed by atoms with Crippen molar-refractivity contribution in [2.75, 3.05) is 46.4 Å². The summed E-state index contributed by atoms with van der Waals surface area (Å²) < 4.78 is 33.5. The summed E-state index contributed by atoms with van der Waals surface area (Å²) in [5.74, 6) is 0. The van der Waals surface area contributed by atoms with Crippen LogP contribution in [0.5, 0.6) is 0 Å². The van der Waals surface area contributed by atoms with Gasteiger partial charge in [-0.3, -0.25) is 0 Å². The predicted molar refractivity (Wildman–Crippen MR) is 80.9 cm³/mol. The van der Waals surface area contributed by atoms with Gasteiger partial charge in [0.2, 0.25) is 0 Å². The topological polar surface area (TPSA) is 61.9 Å². The summed E-state index contributed by atoms with van der Waals surface area (Å²) in [5.41, 5.74) is 0. The molecule has 1 atom stereocenters. The Bertz CT molecular complexity index is 362. The van der Waals surface area contributed by atoms with Gasteiger partial charge < -0.3 is 10.1 Å². The van der Waals surface area contributed by atoms with Gasteiger partial charge in [0, 0.05) is 26.2 Å². The molecule has 1 aliphatic rings. The molecule has 7 heteroatoms. The molecule has 6 nitrogen and oxygen atoms in total. The summed E-state index contributed by atoms with van der Waals surface area (Å²) in [4.78, 5) is 0. The third-order valence-corrected chi connectivity index (χ3v) is 5.63. The number of rotatable bonds is 9. The lowest BCUT2D eigenvalue weighted by Gasteiger charge is -2.36. The van der Waals surface area contributed by atoms with Gasteiger partial charge in [-0.25, -0.2) is 0 Å². The second-order valence-electron chi connectivity index (χ2n) is 5.18. The molecule has 0 saturated carbocycles. The Morgan fingerprint density at radius 3 is 2.75 bits per heavy atom. The Hall–Kier alpha value is -0.210. The minimum absolute atomic E-state index is 0.0329. The predicted octanol–water partition coefficient (Wildman–Crippen LogP) is 0.664. The molecule has 1 unspecified atom stereocenters. The van der Waals surface area contributed by atoms with Crippen molar-refractivity contribution in [3.8, 4) is 0 Å². The van der Waals surface area contributed by atoms with Crippen LogP contribution in [0.4, 0.5) is 0 Å². The van der Waals surface area contributed by atoms with Crippen molar-refractivity contribution in [1.29, 1.82) is 0 Å². The lowest BCUT2D eigenvalue weighted by molar-refractivity contribution is 0.0289. The van der Waals surface area contributed by atoms with Gasteiger partial charge in [0.25, 0.3) is 10.2 Å². The third kappa shape index (κ3) is 4.96. The van der Waals surface area contributed by atoms with Crippen LogP contribution in [0, 0.1) is 0 Å². The van der Waals surface area contributed by atoms with E-state index < -0.39 is 10.2 Å². The lowest BCUT2D eigenvalue weighted by Crippen LogP contribution is -2.53. The molecule has 1 N–H and O–H groups in total. The van der Waals surface area contributed by atoms with Gasteiger partial charge in [0.05, 0.1) is 13.2 Å². The Kier molecular flexibility index (Phi) is 7.98. The summed E-state index contributed by atoms with van der Waals surface area (Å²) in [6.07, 6.45) is 2.71. The first-order valence-corrected chi connectivity index (χ1v) is 8.95. The SMILES string of the molecule is CCCNCCCN(C)S(=O)(=O)N1CCOCC1CC. The molecule has 0 spiro atoms. The molecule has 0 aromatic heterocycles. The fraction of sp³-hybridized carbons (Fsp3) is 1.00. The van der Waals surface area contributed by atoms with E-state index in [4.69, 9.17) is 4.74 Å². The van der Waals surface area contributed by atoms with Crippen LogP contribution < -0.4 is 5.32 Å². The Labute approximate surface area is 123 Å². The number of ether oxygens (including phenoxy) is 1. The maximum atomic E-state index is 12.6. The third-order valence-electron chi connectivity index (χ3n) is 3.59. The van der Waals surface area contributed by atoms with Crippen molar-refractivity contribution in [2.45, 2.75) is 39.2 Å². The van der Waals surface area contributed by atoms with Crippen LogP contribution in [0.15, 0.2) is 0 Å². The van der Waals surface area contributed by atoms with Crippen LogP contribution >= 0.6 is 0 Å². The summed E-state index contributed by atoms with van der Waals surface area (Å²) >= 11 is 0. The average Bonchev–Trinajstić information content (AvgIpc) is 2.46. The highest BCUT2D eigenvalue weighted by Gasteiger charge is 2.34. The van der Waals surface area contributed by atoms with Gasteiger partial charge in [-0.1, -0.05) is 13.8 Å². The normalized spacial score (nSPS) is 21.5. The van der Waals surface area contributed by atoms with Crippen molar-refractivity contribution in [3.05, 3.63) is 0 Å². The van der Waals surface area contributed by atoms with E-state index in [0.29, 0.717) is 26.3 Å². The highest BCUT2D eigenvalue weighted by Crippen LogP contribution is 2.17. The van der Waals surface area contributed by atoms with E-state index in [9.17, 15) is 8.42 Å². The summed E-state index contributed by atoms with van der Waals surface area (Å²) in [5, 5.41) is 3.29. The molecule has 1 rings (SSSR count). The molecule has 0 aromatic rings. The lowest BCUT2D eigenvalue weighted by atomic mass is 10.2. The van der Waals surface area contributed by atoms with Crippen LogP contribution in [0.3, 0.4) is 0 Å². The summed E-state index contributed by atoms with van der Waals surface area (Å²) in [6, 6.07) is -0.0329. The Morgan fingerprint density at radius 2 is 2.10 bits per heavy atom. The zero-order chi connectivity index (χ0) is 15.0. The zero-order valence-electron chi connectivity index (χ0n) is 13.0. The van der Waals surface area contributed by atoms with E-state index in [-0.39, 0.29) is 6.04 Å². The van der Waals surface area contributed by atoms with Crippen LogP contribution in [-0.2, 0) is 14.9 Å². The van der Waals surface area contributed by atoms with Crippen molar-refractivity contribution in [3.63, 3.8) is 0 Å². The second-order valence-corrected chi connectivity index (χ2v) is 7.17. The molecule has 0 bridgehead atoms. The van der Waals surface area contributed by atoms with Gasteiger partial charge in [0.15, 0.2) is 0 Å². The minimum Gasteiger partial charge on any atom is -0.378 e. The van der Waals surface area contributed by atoms with Gasteiger partial charge in [-0.15, -0.1) is 0 Å². The van der Waals surface area contributed by atoms with Crippen LogP contribution in [0.2, 0.25) is 0 Å².